The third-order valence-electron chi connectivity index (χ3n) is 8.75. The normalized spacial score (nSPS) is 13.6. The summed E-state index contributed by atoms with van der Waals surface area (Å²) < 4.78 is 22.0. The van der Waals surface area contributed by atoms with Gasteiger partial charge in [0.25, 0.3) is 0 Å². The SMILES string of the molecule is CN(CCN(CCNC(=O)OC(C)(C)C)c1nc(N(CCNC(=O)OC(C)(C)C)CCNC(=O)OC(C)(C)C)nc(N2CCC(CNc3nc(Cl)nc(Cl)n3)CC2)n1)C(=O)OC(C)(C)C. The number of ether oxygens (including phenoxy) is 4. The number of hydrogen-bond acceptors (Lipinski definition) is 18. The summed E-state index contributed by atoms with van der Waals surface area (Å²) in [7, 11) is 1.63. The molecule has 0 aliphatic carbocycles. The maximum atomic E-state index is 13.0. The van der Waals surface area contributed by atoms with Crippen molar-refractivity contribution in [2.45, 2.75) is 118 Å². The predicted molar refractivity (Wildman–Crippen MR) is 249 cm³/mol. The highest BCUT2D eigenvalue weighted by atomic mass is 35.5. The largest absolute Gasteiger partial charge is 0.444 e. The molecule has 4 amide bonds. The Kier molecular flexibility index (Phi) is 19.9. The Morgan fingerprint density at radius 3 is 1.38 bits per heavy atom. The van der Waals surface area contributed by atoms with Crippen molar-refractivity contribution in [3.8, 4) is 0 Å². The van der Waals surface area contributed by atoms with Crippen molar-refractivity contribution < 1.29 is 38.1 Å². The highest BCUT2D eigenvalue weighted by Crippen LogP contribution is 2.25. The minimum Gasteiger partial charge on any atom is -0.444 e. The van der Waals surface area contributed by atoms with E-state index < -0.39 is 46.8 Å². The van der Waals surface area contributed by atoms with Crippen LogP contribution in [0.5, 0.6) is 0 Å². The molecule has 0 aromatic carbocycles. The van der Waals surface area contributed by atoms with Crippen LogP contribution in [0.2, 0.25) is 10.6 Å². The molecule has 24 heteroatoms. The monoisotopic (exact) mass is 956 g/mol. The van der Waals surface area contributed by atoms with Crippen molar-refractivity contribution in [3.05, 3.63) is 10.6 Å². The quantitative estimate of drug-likeness (QED) is 0.130. The summed E-state index contributed by atoms with van der Waals surface area (Å²) in [6.45, 7) is 24.5. The van der Waals surface area contributed by atoms with E-state index in [0.717, 1.165) is 12.8 Å². The highest BCUT2D eigenvalue weighted by molar-refractivity contribution is 6.31. The second-order valence-corrected chi connectivity index (χ2v) is 20.1. The zero-order valence-electron chi connectivity index (χ0n) is 40.3. The van der Waals surface area contributed by atoms with Gasteiger partial charge in [-0.15, -0.1) is 0 Å². The average molecular weight is 958 g/mol. The van der Waals surface area contributed by atoms with Crippen LogP contribution in [0.15, 0.2) is 0 Å². The Morgan fingerprint density at radius 1 is 0.585 bits per heavy atom. The Balaban J connectivity index is 2.02. The Labute approximate surface area is 393 Å². The molecule has 0 atom stereocenters. The van der Waals surface area contributed by atoms with Crippen molar-refractivity contribution in [1.29, 1.82) is 0 Å². The molecule has 1 aliphatic heterocycles. The van der Waals surface area contributed by atoms with Gasteiger partial charge < -0.3 is 59.8 Å². The van der Waals surface area contributed by atoms with Crippen LogP contribution in [-0.2, 0) is 18.9 Å². The van der Waals surface area contributed by atoms with Gasteiger partial charge in [0.15, 0.2) is 0 Å². The van der Waals surface area contributed by atoms with Crippen molar-refractivity contribution in [2.75, 3.05) is 99.1 Å². The molecule has 0 saturated carbocycles. The van der Waals surface area contributed by atoms with E-state index >= 15 is 0 Å². The molecule has 0 bridgehead atoms. The van der Waals surface area contributed by atoms with Crippen LogP contribution in [0.4, 0.5) is 43.0 Å². The van der Waals surface area contributed by atoms with Crippen molar-refractivity contribution in [2.24, 2.45) is 5.92 Å². The van der Waals surface area contributed by atoms with Crippen molar-refractivity contribution in [3.63, 3.8) is 0 Å². The van der Waals surface area contributed by atoms with E-state index in [1.54, 1.807) is 90.1 Å². The van der Waals surface area contributed by atoms with Crippen LogP contribution in [0.3, 0.4) is 0 Å². The summed E-state index contributed by atoms with van der Waals surface area (Å²) in [4.78, 5) is 85.2. The number of carbonyl (C=O) groups excluding carboxylic acids is 4. The minimum absolute atomic E-state index is 0.00907. The molecule has 22 nitrogen and oxygen atoms in total. The molecule has 65 heavy (non-hydrogen) atoms. The molecule has 1 aliphatic rings. The number of nitrogens with zero attached hydrogens (tertiary/aromatic N) is 10. The van der Waals surface area contributed by atoms with Crippen LogP contribution in [-0.4, -0.2) is 161 Å². The first-order chi connectivity index (χ1) is 30.0. The standard InChI is InChI=1S/C41H70Cl2N14O8/c1-38(2,3)62-34(58)44-16-21-56(22-17-45-35(59)63-39(4,5)6)32-51-31(55-19-14-27(15-20-55)26-47-30-49-28(42)48-29(43)50-30)52-33(53-32)57(23-18-46-36(60)64-40(7,8)9)25-24-54(13)37(61)65-41(10,11)12/h27H,14-26H2,1-13H3,(H,44,58)(H,45,59)(H,46,60)(H,47,48,49,50). The zero-order chi connectivity index (χ0) is 48.8. The smallest absolute Gasteiger partial charge is 0.410 e. The fraction of sp³-hybridized carbons (Fsp3) is 0.756. The maximum absolute atomic E-state index is 13.0. The molecular formula is C41H70Cl2N14O8. The number of aromatic nitrogens is 6. The Bertz CT molecular complexity index is 1830. The van der Waals surface area contributed by atoms with Crippen LogP contribution in [0.25, 0.3) is 0 Å². The van der Waals surface area contributed by atoms with Crippen LogP contribution < -0.4 is 36.0 Å². The number of hydrogen-bond donors (Lipinski definition) is 4. The lowest BCUT2D eigenvalue weighted by atomic mass is 9.97. The molecule has 4 N–H and O–H groups in total. The van der Waals surface area contributed by atoms with Gasteiger partial charge in [0.1, 0.15) is 22.4 Å². The number of piperidine rings is 1. The second-order valence-electron chi connectivity index (χ2n) is 19.4. The van der Waals surface area contributed by atoms with Gasteiger partial charge >= 0.3 is 24.4 Å². The van der Waals surface area contributed by atoms with Crippen LogP contribution in [0.1, 0.15) is 95.9 Å². The molecule has 1 fully saturated rings. The van der Waals surface area contributed by atoms with Gasteiger partial charge in [-0.3, -0.25) is 0 Å². The average Bonchev–Trinajstić information content (AvgIpc) is 3.14. The topological polar surface area (TPSA) is 244 Å². The van der Waals surface area contributed by atoms with Gasteiger partial charge in [-0.25, -0.2) is 19.2 Å². The predicted octanol–water partition coefficient (Wildman–Crippen LogP) is 5.75. The summed E-state index contributed by atoms with van der Waals surface area (Å²) in [5, 5.41) is 11.6. The lowest BCUT2D eigenvalue weighted by Crippen LogP contribution is -2.44. The summed E-state index contributed by atoms with van der Waals surface area (Å²) in [6, 6.07) is 0. The maximum Gasteiger partial charge on any atom is 0.410 e. The number of carbonyl (C=O) groups is 4. The Morgan fingerprint density at radius 2 is 0.985 bits per heavy atom. The van der Waals surface area contributed by atoms with Crippen molar-refractivity contribution >= 4 is 71.4 Å². The van der Waals surface area contributed by atoms with Gasteiger partial charge in [-0.1, -0.05) is 0 Å². The Hall–Kier alpha value is -5.12. The number of likely N-dealkylation sites (N-methyl/N-ethyl adjacent to an activating group) is 1. The summed E-state index contributed by atoms with van der Waals surface area (Å²) in [5.74, 6) is 1.40. The zero-order valence-corrected chi connectivity index (χ0v) is 41.8. The first kappa shape index (κ1) is 54.2. The van der Waals surface area contributed by atoms with E-state index in [9.17, 15) is 19.2 Å². The third-order valence-corrected chi connectivity index (χ3v) is 9.09. The summed E-state index contributed by atoms with van der Waals surface area (Å²) in [5.41, 5.74) is -2.85. The molecule has 366 valence electrons. The first-order valence-electron chi connectivity index (χ1n) is 21.7. The number of amides is 4. The molecule has 2 aromatic heterocycles. The van der Waals surface area contributed by atoms with Gasteiger partial charge in [0.05, 0.1) is 0 Å². The third kappa shape index (κ3) is 22.1. The number of rotatable bonds is 18. The first-order valence-corrected chi connectivity index (χ1v) is 22.5. The summed E-state index contributed by atoms with van der Waals surface area (Å²) >= 11 is 12.0. The van der Waals surface area contributed by atoms with Gasteiger partial charge in [0, 0.05) is 79.0 Å². The molecular weight excluding hydrogens is 887 g/mol. The van der Waals surface area contributed by atoms with E-state index in [1.165, 1.54) is 4.90 Å². The molecule has 3 heterocycles. The lowest BCUT2D eigenvalue weighted by molar-refractivity contribution is 0.0302. The summed E-state index contributed by atoms with van der Waals surface area (Å²) in [6.07, 6.45) is -0.800. The number of alkyl carbamates (subject to hydrolysis) is 3. The second kappa shape index (κ2) is 23.9. The fourth-order valence-corrected chi connectivity index (χ4v) is 6.26. The lowest BCUT2D eigenvalue weighted by Gasteiger charge is -2.34. The van der Waals surface area contributed by atoms with Gasteiger partial charge in [0.2, 0.25) is 34.4 Å². The molecule has 0 unspecified atom stereocenters. The number of halogens is 2. The number of nitrogens with one attached hydrogen (secondary N) is 4. The highest BCUT2D eigenvalue weighted by Gasteiger charge is 2.27. The fourth-order valence-electron chi connectivity index (χ4n) is 5.89. The van der Waals surface area contributed by atoms with Gasteiger partial charge in [-0.2, -0.15) is 29.9 Å². The molecule has 0 spiro atoms. The van der Waals surface area contributed by atoms with E-state index in [0.29, 0.717) is 25.6 Å². The molecule has 2 aromatic rings. The van der Waals surface area contributed by atoms with Crippen LogP contribution in [0, 0.1) is 5.92 Å². The van der Waals surface area contributed by atoms with Gasteiger partial charge in [-0.05, 0) is 125 Å². The van der Waals surface area contributed by atoms with E-state index in [1.807, 2.05) is 9.80 Å². The molecule has 1 saturated heterocycles. The van der Waals surface area contributed by atoms with E-state index in [4.69, 9.17) is 57.1 Å². The molecule has 0 radical (unpaired) electrons. The molecule has 3 rings (SSSR count). The number of anilines is 4. The van der Waals surface area contributed by atoms with E-state index in [-0.39, 0.29) is 86.7 Å². The van der Waals surface area contributed by atoms with Crippen LogP contribution >= 0.6 is 23.2 Å². The van der Waals surface area contributed by atoms with Crippen molar-refractivity contribution in [1.82, 2.24) is 50.8 Å². The minimum atomic E-state index is -0.712. The van der Waals surface area contributed by atoms with E-state index in [2.05, 4.69) is 41.1 Å².